The first-order valence-corrected chi connectivity index (χ1v) is 13.3. The molecule has 1 aromatic carbocycles. The fraction of sp³-hybridized carbons (Fsp3) is 0.276. The first-order valence-electron chi connectivity index (χ1n) is 12.4. The Bertz CT molecular complexity index is 1280. The minimum absolute atomic E-state index is 0.0338. The Kier molecular flexibility index (Phi) is 7.69. The SMILES string of the molecule is CN(C(=O)C=Cc1cn(-c2ccccc2)nc1-c1cccs1)C1CCN(CCc2ccccn2)CC1. The molecule has 184 valence electrons. The van der Waals surface area contributed by atoms with E-state index in [0.717, 1.165) is 66.4 Å². The zero-order chi connectivity index (χ0) is 24.7. The summed E-state index contributed by atoms with van der Waals surface area (Å²) in [4.78, 5) is 23.0. The van der Waals surface area contributed by atoms with E-state index in [1.54, 1.807) is 17.4 Å². The maximum absolute atomic E-state index is 13.1. The van der Waals surface area contributed by atoms with Gasteiger partial charge in [-0.3, -0.25) is 9.78 Å². The molecule has 7 heteroatoms. The number of likely N-dealkylation sites (N-methyl/N-ethyl adjacent to an activating group) is 1. The molecule has 0 aliphatic carbocycles. The summed E-state index contributed by atoms with van der Waals surface area (Å²) < 4.78 is 1.88. The second-order valence-corrected chi connectivity index (χ2v) is 10.1. The largest absolute Gasteiger partial charge is 0.339 e. The predicted molar refractivity (Wildman–Crippen MR) is 146 cm³/mol. The summed E-state index contributed by atoms with van der Waals surface area (Å²) in [5.41, 5.74) is 3.96. The molecule has 0 saturated carbocycles. The maximum atomic E-state index is 13.1. The predicted octanol–water partition coefficient (Wildman–Crippen LogP) is 5.17. The van der Waals surface area contributed by atoms with Crippen LogP contribution >= 0.6 is 11.3 Å². The minimum Gasteiger partial charge on any atom is -0.339 e. The van der Waals surface area contributed by atoms with Gasteiger partial charge in [-0.15, -0.1) is 11.3 Å². The van der Waals surface area contributed by atoms with Gasteiger partial charge >= 0.3 is 0 Å². The Morgan fingerprint density at radius 3 is 2.61 bits per heavy atom. The molecule has 1 aliphatic rings. The van der Waals surface area contributed by atoms with Crippen molar-refractivity contribution in [2.45, 2.75) is 25.3 Å². The molecule has 1 fully saturated rings. The lowest BCUT2D eigenvalue weighted by molar-refractivity contribution is -0.127. The number of aromatic nitrogens is 3. The number of thiophene rings is 1. The first-order chi connectivity index (χ1) is 17.7. The molecule has 0 bridgehead atoms. The Labute approximate surface area is 216 Å². The summed E-state index contributed by atoms with van der Waals surface area (Å²) >= 11 is 1.65. The standard InChI is InChI=1S/C29H31N5OS/c1-32(25-15-19-33(20-16-25)18-14-24-8-5-6-17-30-24)28(35)13-12-23-22-34(26-9-3-2-4-10-26)31-29(23)27-11-7-21-36-27/h2-13,17,21-22,25H,14-16,18-20H2,1H3. The van der Waals surface area contributed by atoms with Crippen LogP contribution in [0.5, 0.6) is 0 Å². The lowest BCUT2D eigenvalue weighted by Gasteiger charge is -2.36. The van der Waals surface area contributed by atoms with E-state index in [-0.39, 0.29) is 11.9 Å². The van der Waals surface area contributed by atoms with Crippen molar-refractivity contribution in [2.24, 2.45) is 0 Å². The monoisotopic (exact) mass is 497 g/mol. The van der Waals surface area contributed by atoms with Crippen molar-refractivity contribution < 1.29 is 4.79 Å². The van der Waals surface area contributed by atoms with E-state index in [4.69, 9.17) is 5.10 Å². The third-order valence-corrected chi connectivity index (χ3v) is 7.66. The molecule has 0 N–H and O–H groups in total. The molecular formula is C29H31N5OS. The number of carbonyl (C=O) groups is 1. The lowest BCUT2D eigenvalue weighted by Crippen LogP contribution is -2.45. The van der Waals surface area contributed by atoms with Gasteiger partial charge in [-0.2, -0.15) is 5.10 Å². The van der Waals surface area contributed by atoms with E-state index in [0.29, 0.717) is 0 Å². The normalized spacial score (nSPS) is 14.9. The summed E-state index contributed by atoms with van der Waals surface area (Å²) in [6.07, 6.45) is 10.4. The van der Waals surface area contributed by atoms with Gasteiger partial charge in [0, 0.05) is 68.9 Å². The highest BCUT2D eigenvalue weighted by Crippen LogP contribution is 2.28. The van der Waals surface area contributed by atoms with Crippen molar-refractivity contribution in [1.82, 2.24) is 24.6 Å². The average Bonchev–Trinajstić information content (AvgIpc) is 3.62. The minimum atomic E-state index is 0.0338. The number of carbonyl (C=O) groups excluding carboxylic acids is 1. The van der Waals surface area contributed by atoms with Gasteiger partial charge in [-0.25, -0.2) is 4.68 Å². The van der Waals surface area contributed by atoms with Crippen LogP contribution in [0.4, 0.5) is 0 Å². The van der Waals surface area contributed by atoms with E-state index in [1.165, 1.54) is 0 Å². The lowest BCUT2D eigenvalue weighted by atomic mass is 10.0. The molecule has 1 amide bonds. The Morgan fingerprint density at radius 2 is 1.89 bits per heavy atom. The molecule has 1 saturated heterocycles. The van der Waals surface area contributed by atoms with Crippen LogP contribution in [0.25, 0.3) is 22.3 Å². The molecular weight excluding hydrogens is 466 g/mol. The molecule has 0 radical (unpaired) electrons. The van der Waals surface area contributed by atoms with Gasteiger partial charge in [-0.05, 0) is 54.6 Å². The van der Waals surface area contributed by atoms with Crippen molar-refractivity contribution in [3.05, 3.63) is 95.8 Å². The number of likely N-dealkylation sites (tertiary alicyclic amines) is 1. The zero-order valence-electron chi connectivity index (χ0n) is 20.5. The fourth-order valence-electron chi connectivity index (χ4n) is 4.63. The average molecular weight is 498 g/mol. The maximum Gasteiger partial charge on any atom is 0.246 e. The topological polar surface area (TPSA) is 54.3 Å². The van der Waals surface area contributed by atoms with Crippen molar-refractivity contribution in [3.8, 4) is 16.3 Å². The van der Waals surface area contributed by atoms with Gasteiger partial charge in [-0.1, -0.05) is 30.3 Å². The molecule has 4 heterocycles. The Balaban J connectivity index is 1.21. The second-order valence-electron chi connectivity index (χ2n) is 9.12. The third kappa shape index (κ3) is 5.80. The van der Waals surface area contributed by atoms with Crippen molar-refractivity contribution in [2.75, 3.05) is 26.7 Å². The van der Waals surface area contributed by atoms with E-state index in [2.05, 4.69) is 22.0 Å². The van der Waals surface area contributed by atoms with E-state index in [9.17, 15) is 4.79 Å². The quantitative estimate of drug-likeness (QED) is 0.315. The molecule has 3 aromatic heterocycles. The van der Waals surface area contributed by atoms with Gasteiger partial charge in [0.1, 0.15) is 5.69 Å². The fourth-order valence-corrected chi connectivity index (χ4v) is 5.37. The highest BCUT2D eigenvalue weighted by Gasteiger charge is 2.24. The summed E-state index contributed by atoms with van der Waals surface area (Å²) in [7, 11) is 1.93. The van der Waals surface area contributed by atoms with Crippen molar-refractivity contribution in [3.63, 3.8) is 0 Å². The summed E-state index contributed by atoms with van der Waals surface area (Å²) in [6.45, 7) is 3.02. The van der Waals surface area contributed by atoms with Crippen LogP contribution in [0, 0.1) is 0 Å². The van der Waals surface area contributed by atoms with Crippen LogP contribution in [-0.4, -0.2) is 63.2 Å². The first kappa shape index (κ1) is 24.2. The molecule has 0 atom stereocenters. The van der Waals surface area contributed by atoms with Crippen LogP contribution in [-0.2, 0) is 11.2 Å². The van der Waals surface area contributed by atoms with Gasteiger partial charge in [0.2, 0.25) is 5.91 Å². The van der Waals surface area contributed by atoms with Crippen LogP contribution in [0.2, 0.25) is 0 Å². The van der Waals surface area contributed by atoms with Crippen LogP contribution in [0.1, 0.15) is 24.1 Å². The van der Waals surface area contributed by atoms with Gasteiger partial charge in [0.25, 0.3) is 0 Å². The number of rotatable bonds is 8. The molecule has 4 aromatic rings. The molecule has 1 aliphatic heterocycles. The van der Waals surface area contributed by atoms with Crippen LogP contribution in [0.3, 0.4) is 0 Å². The van der Waals surface area contributed by atoms with Crippen LogP contribution in [0.15, 0.2) is 84.5 Å². The number of hydrogen-bond acceptors (Lipinski definition) is 5. The van der Waals surface area contributed by atoms with Crippen LogP contribution < -0.4 is 0 Å². The van der Waals surface area contributed by atoms with Gasteiger partial charge < -0.3 is 9.80 Å². The molecule has 0 spiro atoms. The van der Waals surface area contributed by atoms with Gasteiger partial charge in [0.05, 0.1) is 10.6 Å². The molecule has 5 rings (SSSR count). The number of hydrogen-bond donors (Lipinski definition) is 0. The summed E-state index contributed by atoms with van der Waals surface area (Å²) in [6, 6.07) is 20.5. The summed E-state index contributed by atoms with van der Waals surface area (Å²) in [5.74, 6) is 0.0338. The molecule has 0 unspecified atom stereocenters. The Morgan fingerprint density at radius 1 is 1.08 bits per heavy atom. The molecule has 36 heavy (non-hydrogen) atoms. The summed E-state index contributed by atoms with van der Waals surface area (Å²) in [5, 5.41) is 6.87. The van der Waals surface area contributed by atoms with E-state index in [1.807, 2.05) is 89.0 Å². The highest BCUT2D eigenvalue weighted by molar-refractivity contribution is 7.13. The Hall–Kier alpha value is -3.55. The number of amides is 1. The van der Waals surface area contributed by atoms with Crippen molar-refractivity contribution >= 4 is 23.3 Å². The van der Waals surface area contributed by atoms with E-state index >= 15 is 0 Å². The third-order valence-electron chi connectivity index (χ3n) is 6.79. The number of pyridine rings is 1. The van der Waals surface area contributed by atoms with Crippen molar-refractivity contribution in [1.29, 1.82) is 0 Å². The highest BCUT2D eigenvalue weighted by atomic mass is 32.1. The number of piperidine rings is 1. The number of para-hydroxylation sites is 1. The van der Waals surface area contributed by atoms with E-state index < -0.39 is 0 Å². The number of benzene rings is 1. The molecule has 6 nitrogen and oxygen atoms in total. The van der Waals surface area contributed by atoms with Gasteiger partial charge in [0.15, 0.2) is 0 Å². The smallest absolute Gasteiger partial charge is 0.246 e. The second kappa shape index (κ2) is 11.5. The zero-order valence-corrected chi connectivity index (χ0v) is 21.3. The number of nitrogens with zero attached hydrogens (tertiary/aromatic N) is 5.